The number of anilines is 1. The molecule has 1 aromatic heterocycles. The lowest BCUT2D eigenvalue weighted by molar-refractivity contribution is -0.122. The van der Waals surface area contributed by atoms with Crippen LogP contribution >= 0.6 is 11.8 Å². The summed E-state index contributed by atoms with van der Waals surface area (Å²) in [4.78, 5) is 28.3. The lowest BCUT2D eigenvalue weighted by atomic mass is 9.87. The Labute approximate surface area is 229 Å². The summed E-state index contributed by atoms with van der Waals surface area (Å²) >= 11 is 1.58. The third-order valence-electron chi connectivity index (χ3n) is 6.69. The first-order valence-electron chi connectivity index (χ1n) is 13.2. The Morgan fingerprint density at radius 1 is 1.13 bits per heavy atom. The minimum Gasteiger partial charge on any atom is -0.497 e. The standard InChI is InChI=1S/C30H38N4O3S/c1-7-17-31-24(35)18-33-25(36)19-38-27(21-13-15-22(37-6)16-14-21)26-28(30(3,4)5)32-34(29(26)33)23-12-10-9-11-20(23)8-2/h9-16,27H,7-8,17-19H2,1-6H3,(H,31,35). The summed E-state index contributed by atoms with van der Waals surface area (Å²) in [6, 6.07) is 16.2. The van der Waals surface area contributed by atoms with Gasteiger partial charge in [0.1, 0.15) is 18.1 Å². The van der Waals surface area contributed by atoms with Crippen molar-refractivity contribution in [1.82, 2.24) is 15.1 Å². The number of benzene rings is 2. The number of fused-ring (bicyclic) bond motifs is 1. The second-order valence-electron chi connectivity index (χ2n) is 10.5. The van der Waals surface area contributed by atoms with Crippen molar-refractivity contribution in [3.63, 3.8) is 0 Å². The zero-order chi connectivity index (χ0) is 27.4. The van der Waals surface area contributed by atoms with Crippen LogP contribution in [0.5, 0.6) is 5.75 Å². The SMILES string of the molecule is CCCNC(=O)CN1C(=O)CSC(c2ccc(OC)cc2)c2c(C(C)(C)C)nn(-c3ccccc3CC)c21. The summed E-state index contributed by atoms with van der Waals surface area (Å²) in [6.07, 6.45) is 1.65. The van der Waals surface area contributed by atoms with Gasteiger partial charge in [0.2, 0.25) is 11.8 Å². The van der Waals surface area contributed by atoms with Crippen LogP contribution < -0.4 is 15.0 Å². The molecule has 0 saturated carbocycles. The van der Waals surface area contributed by atoms with Crippen molar-refractivity contribution < 1.29 is 14.3 Å². The van der Waals surface area contributed by atoms with Crippen LogP contribution in [0.1, 0.15) is 68.7 Å². The van der Waals surface area contributed by atoms with Gasteiger partial charge in [-0.25, -0.2) is 4.68 Å². The van der Waals surface area contributed by atoms with Gasteiger partial charge < -0.3 is 10.1 Å². The van der Waals surface area contributed by atoms with E-state index in [4.69, 9.17) is 9.84 Å². The summed E-state index contributed by atoms with van der Waals surface area (Å²) in [7, 11) is 1.65. The fourth-order valence-electron chi connectivity index (χ4n) is 4.76. The highest BCUT2D eigenvalue weighted by Crippen LogP contribution is 2.48. The molecule has 1 unspecified atom stereocenters. The normalized spacial score (nSPS) is 15.7. The van der Waals surface area contributed by atoms with Gasteiger partial charge in [-0.1, -0.05) is 65.0 Å². The molecule has 0 aliphatic carbocycles. The molecule has 1 aliphatic rings. The molecule has 2 heterocycles. The van der Waals surface area contributed by atoms with Crippen molar-refractivity contribution in [1.29, 1.82) is 0 Å². The zero-order valence-corrected chi connectivity index (χ0v) is 24.0. The first kappa shape index (κ1) is 27.8. The highest BCUT2D eigenvalue weighted by molar-refractivity contribution is 8.00. The Morgan fingerprint density at radius 3 is 2.47 bits per heavy atom. The minimum atomic E-state index is -0.300. The molecule has 2 aromatic carbocycles. The van der Waals surface area contributed by atoms with E-state index in [1.807, 2.05) is 41.9 Å². The van der Waals surface area contributed by atoms with E-state index in [0.29, 0.717) is 12.4 Å². The van der Waals surface area contributed by atoms with E-state index in [2.05, 4.69) is 51.2 Å². The molecule has 38 heavy (non-hydrogen) atoms. The molecule has 202 valence electrons. The van der Waals surface area contributed by atoms with Crippen LogP contribution in [0.25, 0.3) is 5.69 Å². The Kier molecular flexibility index (Phi) is 8.51. The molecule has 1 aliphatic heterocycles. The second kappa shape index (κ2) is 11.6. The van der Waals surface area contributed by atoms with Crippen LogP contribution in [0.4, 0.5) is 5.82 Å². The van der Waals surface area contributed by atoms with Crippen molar-refractivity contribution in [2.75, 3.05) is 30.9 Å². The number of aryl methyl sites for hydroxylation is 1. The predicted octanol–water partition coefficient (Wildman–Crippen LogP) is 5.44. The van der Waals surface area contributed by atoms with E-state index in [1.54, 1.807) is 23.8 Å². The van der Waals surface area contributed by atoms with E-state index < -0.39 is 0 Å². The van der Waals surface area contributed by atoms with Crippen LogP contribution in [0, 0.1) is 0 Å². The van der Waals surface area contributed by atoms with E-state index >= 15 is 0 Å². The number of para-hydroxylation sites is 1. The van der Waals surface area contributed by atoms with Crippen molar-refractivity contribution in [2.45, 2.75) is 58.1 Å². The number of aromatic nitrogens is 2. The van der Waals surface area contributed by atoms with Gasteiger partial charge in [-0.3, -0.25) is 14.5 Å². The van der Waals surface area contributed by atoms with Gasteiger partial charge in [-0.2, -0.15) is 5.10 Å². The number of hydrogen-bond donors (Lipinski definition) is 1. The number of carbonyl (C=O) groups excluding carboxylic acids is 2. The van der Waals surface area contributed by atoms with Crippen LogP contribution in [0.15, 0.2) is 48.5 Å². The topological polar surface area (TPSA) is 76.5 Å². The minimum absolute atomic E-state index is 0.0503. The van der Waals surface area contributed by atoms with E-state index in [9.17, 15) is 9.59 Å². The van der Waals surface area contributed by atoms with Crippen molar-refractivity contribution >= 4 is 29.4 Å². The molecule has 0 fully saturated rings. The van der Waals surface area contributed by atoms with Gasteiger partial charge in [0.05, 0.1) is 29.5 Å². The highest BCUT2D eigenvalue weighted by Gasteiger charge is 2.40. The molecular weight excluding hydrogens is 496 g/mol. The lowest BCUT2D eigenvalue weighted by Crippen LogP contribution is -2.42. The van der Waals surface area contributed by atoms with E-state index in [0.717, 1.165) is 46.7 Å². The van der Waals surface area contributed by atoms with Crippen LogP contribution in [-0.2, 0) is 21.4 Å². The van der Waals surface area contributed by atoms with Crippen LogP contribution in [-0.4, -0.2) is 47.5 Å². The number of nitrogens with one attached hydrogen (secondary N) is 1. The molecule has 1 N–H and O–H groups in total. The predicted molar refractivity (Wildman–Crippen MR) is 155 cm³/mol. The molecule has 8 heteroatoms. The Bertz CT molecular complexity index is 1290. The average molecular weight is 535 g/mol. The third kappa shape index (κ3) is 5.60. The van der Waals surface area contributed by atoms with Gasteiger partial charge in [0.25, 0.3) is 0 Å². The number of carbonyl (C=O) groups is 2. The second-order valence-corrected chi connectivity index (χ2v) is 11.6. The third-order valence-corrected chi connectivity index (χ3v) is 7.95. The molecule has 4 rings (SSSR count). The maximum Gasteiger partial charge on any atom is 0.240 e. The molecule has 7 nitrogen and oxygen atoms in total. The van der Waals surface area contributed by atoms with Gasteiger partial charge >= 0.3 is 0 Å². The number of rotatable bonds is 8. The Hall–Kier alpha value is -3.26. The molecule has 3 aromatic rings. The fraction of sp³-hybridized carbons (Fsp3) is 0.433. The van der Waals surface area contributed by atoms with Crippen molar-refractivity contribution in [2.24, 2.45) is 0 Å². The van der Waals surface area contributed by atoms with E-state index in [-0.39, 0.29) is 34.8 Å². The Morgan fingerprint density at radius 2 is 1.84 bits per heavy atom. The maximum atomic E-state index is 13.7. The smallest absolute Gasteiger partial charge is 0.240 e. The highest BCUT2D eigenvalue weighted by atomic mass is 32.2. The monoisotopic (exact) mass is 534 g/mol. The average Bonchev–Trinajstić information content (AvgIpc) is 3.25. The number of ether oxygens (including phenoxy) is 1. The fourth-order valence-corrected chi connectivity index (χ4v) is 5.96. The van der Waals surface area contributed by atoms with Gasteiger partial charge in [0, 0.05) is 17.5 Å². The summed E-state index contributed by atoms with van der Waals surface area (Å²) < 4.78 is 7.30. The first-order valence-corrected chi connectivity index (χ1v) is 14.3. The number of nitrogens with zero attached hydrogens (tertiary/aromatic N) is 3. The van der Waals surface area contributed by atoms with Gasteiger partial charge in [-0.05, 0) is 42.2 Å². The summed E-state index contributed by atoms with van der Waals surface area (Å²) in [5, 5.41) is 8.00. The molecule has 2 amide bonds. The summed E-state index contributed by atoms with van der Waals surface area (Å²) in [5.74, 6) is 1.44. The number of methoxy groups -OCH3 is 1. The zero-order valence-electron chi connectivity index (χ0n) is 23.2. The first-order chi connectivity index (χ1) is 18.2. The molecule has 1 atom stereocenters. The van der Waals surface area contributed by atoms with Crippen LogP contribution in [0.3, 0.4) is 0 Å². The van der Waals surface area contributed by atoms with Gasteiger partial charge in [0.15, 0.2) is 0 Å². The van der Waals surface area contributed by atoms with Crippen molar-refractivity contribution in [3.8, 4) is 11.4 Å². The van der Waals surface area contributed by atoms with E-state index in [1.165, 1.54) is 0 Å². The molecule has 0 bridgehead atoms. The van der Waals surface area contributed by atoms with Gasteiger partial charge in [-0.15, -0.1) is 11.8 Å². The quantitative estimate of drug-likeness (QED) is 0.417. The number of amides is 2. The number of hydrogen-bond acceptors (Lipinski definition) is 5. The molecular formula is C30H38N4O3S. The maximum absolute atomic E-state index is 13.7. The van der Waals surface area contributed by atoms with Crippen LogP contribution in [0.2, 0.25) is 0 Å². The summed E-state index contributed by atoms with van der Waals surface area (Å²) in [5.41, 5.74) is 4.71. The molecule has 0 spiro atoms. The van der Waals surface area contributed by atoms with Crippen molar-refractivity contribution in [3.05, 3.63) is 70.9 Å². The Balaban J connectivity index is 2.01. The lowest BCUT2D eigenvalue weighted by Gasteiger charge is -2.25. The summed E-state index contributed by atoms with van der Waals surface area (Å²) in [6.45, 7) is 11.1. The largest absolute Gasteiger partial charge is 0.497 e. The molecule has 0 saturated heterocycles. The molecule has 0 radical (unpaired) electrons. The number of thioether (sulfide) groups is 1.